The molecule has 0 spiro atoms. The minimum atomic E-state index is -1.67. The van der Waals surface area contributed by atoms with E-state index in [0.29, 0.717) is 29.1 Å². The highest BCUT2D eigenvalue weighted by Gasteiger charge is 2.43. The van der Waals surface area contributed by atoms with Gasteiger partial charge in [-0.05, 0) is 43.7 Å². The fraction of sp³-hybridized carbons (Fsp3) is 0.440. The first-order valence-corrected chi connectivity index (χ1v) is 11.3. The van der Waals surface area contributed by atoms with Crippen LogP contribution in [0.3, 0.4) is 0 Å². The van der Waals surface area contributed by atoms with Crippen molar-refractivity contribution >= 4 is 11.0 Å². The molecule has 6 atom stereocenters. The molecule has 10 nitrogen and oxygen atoms in total. The number of hydrogen-bond acceptors (Lipinski definition) is 10. The van der Waals surface area contributed by atoms with Crippen molar-refractivity contribution in [2.75, 3.05) is 6.61 Å². The first kappa shape index (κ1) is 23.9. The van der Waals surface area contributed by atoms with Crippen molar-refractivity contribution in [3.05, 3.63) is 42.0 Å². The number of ether oxygens (including phenoxy) is 3. The van der Waals surface area contributed by atoms with E-state index in [2.05, 4.69) is 0 Å². The van der Waals surface area contributed by atoms with Crippen LogP contribution in [0.25, 0.3) is 22.3 Å². The van der Waals surface area contributed by atoms with Crippen molar-refractivity contribution in [3.8, 4) is 28.6 Å². The Labute approximate surface area is 200 Å². The summed E-state index contributed by atoms with van der Waals surface area (Å²) in [5, 5.41) is 60.6. The summed E-state index contributed by atoms with van der Waals surface area (Å²) in [6.45, 7) is 3.40. The zero-order chi connectivity index (χ0) is 25.1. The molecule has 3 heterocycles. The number of furan rings is 1. The van der Waals surface area contributed by atoms with Crippen LogP contribution >= 0.6 is 0 Å². The van der Waals surface area contributed by atoms with E-state index in [-0.39, 0.29) is 18.1 Å². The molecule has 1 saturated heterocycles. The monoisotopic (exact) mass is 488 g/mol. The van der Waals surface area contributed by atoms with Gasteiger partial charge in [-0.1, -0.05) is 0 Å². The molecule has 5 rings (SSSR count). The smallest absolute Gasteiger partial charge is 0.184 e. The third kappa shape index (κ3) is 4.44. The van der Waals surface area contributed by atoms with E-state index < -0.39 is 42.4 Å². The summed E-state index contributed by atoms with van der Waals surface area (Å²) < 4.78 is 22.7. The highest BCUT2D eigenvalue weighted by molar-refractivity contribution is 5.85. The van der Waals surface area contributed by atoms with Crippen molar-refractivity contribution in [2.24, 2.45) is 0 Å². The number of fused-ring (bicyclic) bond motifs is 2. The zero-order valence-electron chi connectivity index (χ0n) is 19.2. The maximum Gasteiger partial charge on any atom is 0.184 e. The number of benzene rings is 2. The van der Waals surface area contributed by atoms with Gasteiger partial charge in [-0.2, -0.15) is 0 Å². The summed E-state index contributed by atoms with van der Waals surface area (Å²) in [5.41, 5.74) is 1.26. The highest BCUT2D eigenvalue weighted by atomic mass is 16.6. The summed E-state index contributed by atoms with van der Waals surface area (Å²) in [6.07, 6.45) is -7.65. The van der Waals surface area contributed by atoms with Gasteiger partial charge in [0.15, 0.2) is 6.29 Å². The van der Waals surface area contributed by atoms with Gasteiger partial charge in [0.05, 0.1) is 6.10 Å². The van der Waals surface area contributed by atoms with Gasteiger partial charge in [0.2, 0.25) is 0 Å². The molecule has 0 radical (unpaired) electrons. The number of aromatic hydroxyl groups is 1. The number of hydrogen-bond donors (Lipinski definition) is 6. The lowest BCUT2D eigenvalue weighted by atomic mass is 9.90. The molecule has 1 aromatic heterocycles. The average molecular weight is 488 g/mol. The van der Waals surface area contributed by atoms with Crippen LogP contribution in [0.15, 0.2) is 40.8 Å². The second-order valence-electron chi connectivity index (χ2n) is 9.60. The Hall–Kier alpha value is -2.86. The fourth-order valence-electron chi connectivity index (χ4n) is 4.37. The van der Waals surface area contributed by atoms with Gasteiger partial charge in [-0.25, -0.2) is 0 Å². The van der Waals surface area contributed by atoms with Gasteiger partial charge >= 0.3 is 0 Å². The van der Waals surface area contributed by atoms with Gasteiger partial charge < -0.3 is 49.3 Å². The van der Waals surface area contributed by atoms with E-state index in [1.807, 2.05) is 26.0 Å². The van der Waals surface area contributed by atoms with E-state index in [0.717, 1.165) is 10.9 Å². The third-order valence-corrected chi connectivity index (χ3v) is 6.57. The average Bonchev–Trinajstić information content (AvgIpc) is 3.21. The highest BCUT2D eigenvalue weighted by Crippen LogP contribution is 2.39. The quantitative estimate of drug-likeness (QED) is 0.313. The normalized spacial score (nSPS) is 30.0. The minimum absolute atomic E-state index is 0.0916. The predicted molar refractivity (Wildman–Crippen MR) is 122 cm³/mol. The van der Waals surface area contributed by atoms with Gasteiger partial charge in [0.25, 0.3) is 0 Å². The van der Waals surface area contributed by atoms with Gasteiger partial charge in [0.1, 0.15) is 65.2 Å². The molecule has 0 amide bonds. The molecule has 0 aliphatic carbocycles. The largest absolute Gasteiger partial charge is 0.508 e. The summed E-state index contributed by atoms with van der Waals surface area (Å²) >= 11 is 0. The Balaban J connectivity index is 1.38. The van der Waals surface area contributed by atoms with Crippen LogP contribution in [-0.4, -0.2) is 79.7 Å². The van der Waals surface area contributed by atoms with E-state index >= 15 is 0 Å². The Bertz CT molecular complexity index is 1230. The maximum absolute atomic E-state index is 10.3. The third-order valence-electron chi connectivity index (χ3n) is 6.57. The van der Waals surface area contributed by atoms with Crippen molar-refractivity contribution in [2.45, 2.75) is 62.7 Å². The Morgan fingerprint density at radius 3 is 2.49 bits per heavy atom. The lowest BCUT2D eigenvalue weighted by molar-refractivity contribution is -0.285. The molecule has 6 N–H and O–H groups in total. The predicted octanol–water partition coefficient (Wildman–Crippen LogP) is 1.06. The lowest BCUT2D eigenvalue weighted by Gasteiger charge is -2.38. The molecule has 2 aliphatic heterocycles. The lowest BCUT2D eigenvalue weighted by Crippen LogP contribution is -2.58. The Morgan fingerprint density at radius 1 is 0.943 bits per heavy atom. The number of phenolic OH excluding ortho intramolecular Hbond substituents is 1. The molecule has 35 heavy (non-hydrogen) atoms. The van der Waals surface area contributed by atoms with Crippen LogP contribution in [0.5, 0.6) is 17.2 Å². The molecule has 0 bridgehead atoms. The first-order chi connectivity index (χ1) is 16.5. The molecular weight excluding hydrogens is 460 g/mol. The molecule has 188 valence electrons. The maximum atomic E-state index is 10.3. The fourth-order valence-corrected chi connectivity index (χ4v) is 4.37. The standard InChI is InChI=1S/C25H28O10/c1-25(2)20(27)7-12-3-11-6-16(33-17(11)9-18(12)35-25)13-4-14(26)8-15(5-13)32-10-19-21(28)22(29)23(30)24(31)34-19/h3-6,8-9,19-24,26-31H,7,10H2,1-2H3/t19-,20?,21-,22+,23-,24-/m1/s1. The van der Waals surface area contributed by atoms with E-state index in [9.17, 15) is 30.6 Å². The van der Waals surface area contributed by atoms with Crippen LogP contribution in [-0.2, 0) is 11.2 Å². The summed E-state index contributed by atoms with van der Waals surface area (Å²) in [7, 11) is 0. The molecule has 2 aliphatic rings. The van der Waals surface area contributed by atoms with E-state index in [1.165, 1.54) is 12.1 Å². The number of rotatable bonds is 4. The second-order valence-corrected chi connectivity index (χ2v) is 9.60. The van der Waals surface area contributed by atoms with Gasteiger partial charge in [-0.3, -0.25) is 0 Å². The van der Waals surface area contributed by atoms with Crippen LogP contribution < -0.4 is 9.47 Å². The Morgan fingerprint density at radius 2 is 1.71 bits per heavy atom. The summed E-state index contributed by atoms with van der Waals surface area (Å²) in [5.74, 6) is 1.25. The Kier molecular flexibility index (Phi) is 5.91. The summed E-state index contributed by atoms with van der Waals surface area (Å²) in [6, 6.07) is 9.99. The first-order valence-electron chi connectivity index (χ1n) is 11.3. The van der Waals surface area contributed by atoms with Crippen molar-refractivity contribution in [1.29, 1.82) is 0 Å². The molecule has 1 unspecified atom stereocenters. The van der Waals surface area contributed by atoms with Crippen LogP contribution in [0, 0.1) is 0 Å². The molecule has 0 saturated carbocycles. The second kappa shape index (κ2) is 8.66. The van der Waals surface area contributed by atoms with Crippen molar-refractivity contribution in [3.63, 3.8) is 0 Å². The minimum Gasteiger partial charge on any atom is -0.508 e. The molecule has 10 heteroatoms. The number of aliphatic hydroxyl groups excluding tert-OH is 5. The van der Waals surface area contributed by atoms with Crippen molar-refractivity contribution in [1.82, 2.24) is 0 Å². The van der Waals surface area contributed by atoms with Gasteiger partial charge in [-0.15, -0.1) is 0 Å². The molecule has 2 aromatic carbocycles. The van der Waals surface area contributed by atoms with E-state index in [1.54, 1.807) is 12.1 Å². The molecule has 1 fully saturated rings. The summed E-state index contributed by atoms with van der Waals surface area (Å²) in [4.78, 5) is 0. The topological polar surface area (TPSA) is 162 Å². The van der Waals surface area contributed by atoms with Crippen LogP contribution in [0.2, 0.25) is 0 Å². The molecule has 3 aromatic rings. The number of aliphatic hydroxyl groups is 5. The molecular formula is C25H28O10. The number of phenols is 1. The van der Waals surface area contributed by atoms with E-state index in [4.69, 9.17) is 18.6 Å². The zero-order valence-corrected chi connectivity index (χ0v) is 19.2. The van der Waals surface area contributed by atoms with Crippen molar-refractivity contribution < 1.29 is 49.3 Å². The SMILES string of the molecule is CC1(C)Oc2cc3oc(-c4cc(O)cc(OC[C@H]5O[C@@H](O)[C@H](O)[C@@H](O)[C@@H]5O)c4)cc3cc2CC1O. The van der Waals surface area contributed by atoms with Crippen LogP contribution in [0.1, 0.15) is 19.4 Å². The van der Waals surface area contributed by atoms with Gasteiger partial charge in [0, 0.05) is 29.5 Å². The van der Waals surface area contributed by atoms with Crippen LogP contribution in [0.4, 0.5) is 0 Å².